The van der Waals surface area contributed by atoms with Crippen LogP contribution in [-0.4, -0.2) is 115 Å². The molecule has 2 aromatic carbocycles. The summed E-state index contributed by atoms with van der Waals surface area (Å²) in [5, 5.41) is 12.7. The Kier molecular flexibility index (Phi) is 12.3. The highest BCUT2D eigenvalue weighted by molar-refractivity contribution is 6.01. The molecule has 0 radical (unpaired) electrons. The fraction of sp³-hybridized carbons (Fsp3) is 0.525. The van der Waals surface area contributed by atoms with E-state index in [4.69, 9.17) is 20.2 Å². The lowest BCUT2D eigenvalue weighted by atomic mass is 10.0. The van der Waals surface area contributed by atoms with Gasteiger partial charge in [-0.1, -0.05) is 25.1 Å². The van der Waals surface area contributed by atoms with Crippen LogP contribution in [0.5, 0.6) is 5.75 Å². The minimum Gasteiger partial charge on any atom is -0.495 e. The van der Waals surface area contributed by atoms with Crippen molar-refractivity contribution < 1.29 is 23.9 Å². The Hall–Kier alpha value is -4.99. The summed E-state index contributed by atoms with van der Waals surface area (Å²) in [5.74, 6) is 0.601. The lowest BCUT2D eigenvalue weighted by Crippen LogP contribution is -2.53. The molecule has 4 aliphatic rings. The number of amides is 3. The number of benzene rings is 2. The van der Waals surface area contributed by atoms with Gasteiger partial charge in [-0.05, 0) is 62.3 Å². The number of nitrogens with two attached hydrogens (primary N) is 1. The standard InChI is InChI=1S/C40H54N10O5/c1-3-30-38(42-27-14-22-55-23-15-27)47-39(36(45-30)37(41)52)43-28-8-10-33(34(24-28)54-2)50-16-12-29(13-17-50)49-20-18-48(19-21-49)25-26-6-4-5-7-31(26)44-32-9-11-35(51)46-40(32)53/h4-8,10,24,27,29,32,44H,3,9,11-23,25H2,1-2H3,(H2,41,52)(H2,42,43,47)(H,46,51,53). The van der Waals surface area contributed by atoms with Crippen molar-refractivity contribution >= 4 is 46.4 Å². The normalized spacial score (nSPS) is 20.5. The summed E-state index contributed by atoms with van der Waals surface area (Å²) >= 11 is 0. The van der Waals surface area contributed by atoms with Gasteiger partial charge in [-0.25, -0.2) is 9.97 Å². The molecule has 6 N–H and O–H groups in total. The molecule has 7 rings (SSSR count). The third kappa shape index (κ3) is 9.28. The van der Waals surface area contributed by atoms with Crippen molar-refractivity contribution in [3.63, 3.8) is 0 Å². The van der Waals surface area contributed by atoms with Crippen molar-refractivity contribution in [2.45, 2.75) is 76.5 Å². The zero-order valence-corrected chi connectivity index (χ0v) is 31.9. The van der Waals surface area contributed by atoms with E-state index in [0.717, 1.165) is 99.9 Å². The summed E-state index contributed by atoms with van der Waals surface area (Å²) < 4.78 is 11.4. The molecule has 55 heavy (non-hydrogen) atoms. The Balaban J connectivity index is 0.934. The minimum atomic E-state index is -0.639. The molecule has 1 aromatic heterocycles. The number of carbonyl (C=O) groups is 3. The number of primary amides is 1. The maximum Gasteiger partial charge on any atom is 0.271 e. The molecule has 0 spiro atoms. The van der Waals surface area contributed by atoms with Crippen LogP contribution < -0.4 is 36.6 Å². The Bertz CT molecular complexity index is 1840. The second kappa shape index (κ2) is 17.6. The van der Waals surface area contributed by atoms with Gasteiger partial charge in [0, 0.05) is 95.0 Å². The molecule has 15 heteroatoms. The summed E-state index contributed by atoms with van der Waals surface area (Å²) in [4.78, 5) is 53.4. The molecule has 0 aliphatic carbocycles. The van der Waals surface area contributed by atoms with Crippen molar-refractivity contribution in [2.24, 2.45) is 5.73 Å². The molecule has 4 saturated heterocycles. The first-order chi connectivity index (χ1) is 26.8. The predicted molar refractivity (Wildman–Crippen MR) is 212 cm³/mol. The van der Waals surface area contributed by atoms with Gasteiger partial charge in [0.15, 0.2) is 17.3 Å². The summed E-state index contributed by atoms with van der Waals surface area (Å²) in [6.45, 7) is 10.0. The zero-order chi connectivity index (χ0) is 38.3. The van der Waals surface area contributed by atoms with Crippen LogP contribution in [0, 0.1) is 0 Å². The first-order valence-electron chi connectivity index (χ1n) is 19.7. The predicted octanol–water partition coefficient (Wildman–Crippen LogP) is 3.48. The first kappa shape index (κ1) is 38.3. The number of carbonyl (C=O) groups excluding carboxylic acids is 3. The van der Waals surface area contributed by atoms with E-state index in [0.29, 0.717) is 55.8 Å². The number of rotatable bonds is 13. The van der Waals surface area contributed by atoms with Crippen LogP contribution in [0.1, 0.15) is 67.2 Å². The molecule has 1 atom stereocenters. The van der Waals surface area contributed by atoms with Gasteiger partial charge in [0.05, 0.1) is 18.5 Å². The van der Waals surface area contributed by atoms with Gasteiger partial charge < -0.3 is 36.1 Å². The molecule has 4 aliphatic heterocycles. The summed E-state index contributed by atoms with van der Waals surface area (Å²) in [6, 6.07) is 14.5. The van der Waals surface area contributed by atoms with Gasteiger partial charge in [0.2, 0.25) is 11.8 Å². The van der Waals surface area contributed by atoms with Gasteiger partial charge in [-0.15, -0.1) is 0 Å². The van der Waals surface area contributed by atoms with Gasteiger partial charge >= 0.3 is 0 Å². The maximum absolute atomic E-state index is 12.5. The average Bonchev–Trinajstić information content (AvgIpc) is 3.20. The number of para-hydroxylation sites is 1. The van der Waals surface area contributed by atoms with Crippen molar-refractivity contribution in [1.29, 1.82) is 0 Å². The Morgan fingerprint density at radius 2 is 1.71 bits per heavy atom. The topological polar surface area (TPSA) is 179 Å². The Morgan fingerprint density at radius 1 is 0.945 bits per heavy atom. The first-order valence-corrected chi connectivity index (χ1v) is 19.7. The molecular weight excluding hydrogens is 701 g/mol. The smallest absolute Gasteiger partial charge is 0.271 e. The third-order valence-corrected chi connectivity index (χ3v) is 11.2. The Morgan fingerprint density at radius 3 is 2.42 bits per heavy atom. The second-order valence-corrected chi connectivity index (χ2v) is 14.8. The van der Waals surface area contributed by atoms with Crippen LogP contribution >= 0.6 is 0 Å². The number of imide groups is 1. The van der Waals surface area contributed by atoms with Crippen LogP contribution in [0.2, 0.25) is 0 Å². The number of aryl methyl sites for hydroxylation is 1. The number of nitrogens with zero attached hydrogens (tertiary/aromatic N) is 5. The fourth-order valence-electron chi connectivity index (χ4n) is 8.10. The zero-order valence-electron chi connectivity index (χ0n) is 31.9. The van der Waals surface area contributed by atoms with E-state index < -0.39 is 11.9 Å². The largest absolute Gasteiger partial charge is 0.495 e. The molecule has 5 heterocycles. The highest BCUT2D eigenvalue weighted by atomic mass is 16.5. The highest BCUT2D eigenvalue weighted by Crippen LogP contribution is 2.35. The number of piperidine rings is 2. The van der Waals surface area contributed by atoms with Crippen molar-refractivity contribution in [3.8, 4) is 5.75 Å². The molecular formula is C40H54N10O5. The molecule has 4 fully saturated rings. The third-order valence-electron chi connectivity index (χ3n) is 11.2. The maximum atomic E-state index is 12.5. The van der Waals surface area contributed by atoms with Crippen LogP contribution in [0.4, 0.5) is 28.7 Å². The summed E-state index contributed by atoms with van der Waals surface area (Å²) in [6.07, 6.45) is 5.34. The number of ether oxygens (including phenoxy) is 2. The summed E-state index contributed by atoms with van der Waals surface area (Å²) in [5.41, 5.74) is 10.4. The van der Waals surface area contributed by atoms with Crippen LogP contribution in [-0.2, 0) is 27.3 Å². The number of methoxy groups -OCH3 is 1. The van der Waals surface area contributed by atoms with E-state index in [1.807, 2.05) is 37.3 Å². The second-order valence-electron chi connectivity index (χ2n) is 14.8. The number of piperazine rings is 1. The number of anilines is 5. The van der Waals surface area contributed by atoms with Crippen LogP contribution in [0.15, 0.2) is 42.5 Å². The number of hydrogen-bond acceptors (Lipinski definition) is 13. The van der Waals surface area contributed by atoms with Gasteiger partial charge in [0.1, 0.15) is 11.8 Å². The molecule has 294 valence electrons. The molecule has 1 unspecified atom stereocenters. The van der Waals surface area contributed by atoms with E-state index in [1.165, 1.54) is 0 Å². The van der Waals surface area contributed by atoms with Crippen molar-refractivity contribution in [2.75, 3.05) is 80.4 Å². The SMILES string of the molecule is CCc1nc(C(N)=O)c(Nc2ccc(N3CCC(N4CCN(Cc5ccccc5NC5CCC(=O)NC5=O)CC4)CC3)c(OC)c2)nc1NC1CCOCC1. The molecule has 3 amide bonds. The molecule has 3 aromatic rings. The molecule has 0 bridgehead atoms. The summed E-state index contributed by atoms with van der Waals surface area (Å²) in [7, 11) is 1.68. The number of hydrogen-bond donors (Lipinski definition) is 5. The van der Waals surface area contributed by atoms with E-state index >= 15 is 0 Å². The number of nitrogens with one attached hydrogen (secondary N) is 4. The minimum absolute atomic E-state index is 0.104. The van der Waals surface area contributed by atoms with Crippen molar-refractivity contribution in [1.82, 2.24) is 25.1 Å². The average molecular weight is 755 g/mol. The van der Waals surface area contributed by atoms with Gasteiger partial charge in [0.25, 0.3) is 5.91 Å². The van der Waals surface area contributed by atoms with Gasteiger partial charge in [-0.2, -0.15) is 0 Å². The van der Waals surface area contributed by atoms with Gasteiger partial charge in [-0.3, -0.25) is 29.5 Å². The quantitative estimate of drug-likeness (QED) is 0.160. The lowest BCUT2D eigenvalue weighted by Gasteiger charge is -2.43. The monoisotopic (exact) mass is 754 g/mol. The van der Waals surface area contributed by atoms with Crippen LogP contribution in [0.3, 0.4) is 0 Å². The van der Waals surface area contributed by atoms with E-state index in [-0.39, 0.29) is 23.6 Å². The van der Waals surface area contributed by atoms with E-state index in [9.17, 15) is 14.4 Å². The lowest BCUT2D eigenvalue weighted by molar-refractivity contribution is -0.133. The number of aromatic nitrogens is 2. The highest BCUT2D eigenvalue weighted by Gasteiger charge is 2.30. The van der Waals surface area contributed by atoms with Crippen molar-refractivity contribution in [3.05, 3.63) is 59.4 Å². The fourth-order valence-corrected chi connectivity index (χ4v) is 8.10. The molecule has 0 saturated carbocycles. The van der Waals surface area contributed by atoms with E-state index in [1.54, 1.807) is 7.11 Å². The molecule has 15 nitrogen and oxygen atoms in total. The van der Waals surface area contributed by atoms with E-state index in [2.05, 4.69) is 53.1 Å². The van der Waals surface area contributed by atoms with Crippen LogP contribution in [0.25, 0.3) is 0 Å². The Labute approximate surface area is 322 Å².